The van der Waals surface area contributed by atoms with E-state index < -0.39 is 0 Å². The van der Waals surface area contributed by atoms with Gasteiger partial charge < -0.3 is 10.6 Å². The molecule has 1 aromatic heterocycles. The second-order valence-electron chi connectivity index (χ2n) is 4.39. The second kappa shape index (κ2) is 5.99. The van der Waals surface area contributed by atoms with Crippen LogP contribution in [0.3, 0.4) is 0 Å². The van der Waals surface area contributed by atoms with Crippen LogP contribution in [0.25, 0.3) is 0 Å². The number of pyridine rings is 1. The summed E-state index contributed by atoms with van der Waals surface area (Å²) in [4.78, 5) is 30.6. The smallest absolute Gasteiger partial charge is 0.272 e. The Hall–Kier alpha value is -1.66. The fourth-order valence-electron chi connectivity index (χ4n) is 2.01. The third-order valence-electron chi connectivity index (χ3n) is 2.98. The Labute approximate surface area is 116 Å². The molecule has 0 atom stereocenters. The van der Waals surface area contributed by atoms with Crippen molar-refractivity contribution in [2.45, 2.75) is 0 Å². The number of carbonyl (C=O) groups excluding carboxylic acids is 2. The molecule has 1 aliphatic heterocycles. The average molecular weight is 283 g/mol. The van der Waals surface area contributed by atoms with Gasteiger partial charge in [0.25, 0.3) is 5.91 Å². The first-order chi connectivity index (χ1) is 9.06. The van der Waals surface area contributed by atoms with Crippen LogP contribution in [0.1, 0.15) is 10.5 Å². The molecule has 2 N–H and O–H groups in total. The van der Waals surface area contributed by atoms with Crippen molar-refractivity contribution in [2.24, 2.45) is 5.73 Å². The first-order valence-corrected chi connectivity index (χ1v) is 6.35. The largest absolute Gasteiger partial charge is 0.369 e. The van der Waals surface area contributed by atoms with Crippen LogP contribution in [0.5, 0.6) is 0 Å². The summed E-state index contributed by atoms with van der Waals surface area (Å²) < 4.78 is 0. The molecule has 0 spiro atoms. The Morgan fingerprint density at radius 2 is 2.00 bits per heavy atom. The highest BCUT2D eigenvalue weighted by atomic mass is 35.5. The van der Waals surface area contributed by atoms with Crippen molar-refractivity contribution >= 4 is 23.4 Å². The number of halogens is 1. The molecular weight excluding hydrogens is 268 g/mol. The molecule has 1 fully saturated rings. The predicted octanol–water partition coefficient (Wildman–Crippen LogP) is -0.0219. The highest BCUT2D eigenvalue weighted by molar-refractivity contribution is 6.30. The van der Waals surface area contributed by atoms with Gasteiger partial charge in [0.2, 0.25) is 5.91 Å². The van der Waals surface area contributed by atoms with Gasteiger partial charge in [-0.1, -0.05) is 11.6 Å². The van der Waals surface area contributed by atoms with Crippen molar-refractivity contribution in [3.8, 4) is 0 Å². The zero-order valence-corrected chi connectivity index (χ0v) is 11.1. The Bertz CT molecular complexity index is 486. The summed E-state index contributed by atoms with van der Waals surface area (Å²) in [5.74, 6) is -0.488. The maximum absolute atomic E-state index is 12.2. The van der Waals surface area contributed by atoms with Gasteiger partial charge in [-0.15, -0.1) is 0 Å². The van der Waals surface area contributed by atoms with Crippen LogP contribution in [0, 0.1) is 0 Å². The van der Waals surface area contributed by atoms with Crippen molar-refractivity contribution in [3.63, 3.8) is 0 Å². The Morgan fingerprint density at radius 3 is 2.58 bits per heavy atom. The molecule has 1 aliphatic rings. The van der Waals surface area contributed by atoms with Crippen molar-refractivity contribution in [3.05, 3.63) is 29.0 Å². The maximum atomic E-state index is 12.2. The quantitative estimate of drug-likeness (QED) is 0.845. The van der Waals surface area contributed by atoms with Crippen LogP contribution in [-0.2, 0) is 4.79 Å². The van der Waals surface area contributed by atoms with Crippen molar-refractivity contribution in [2.75, 3.05) is 32.7 Å². The van der Waals surface area contributed by atoms with Crippen LogP contribution >= 0.6 is 11.6 Å². The molecule has 0 bridgehead atoms. The Kier molecular flexibility index (Phi) is 4.34. The number of amides is 2. The predicted molar refractivity (Wildman–Crippen MR) is 70.8 cm³/mol. The standard InChI is InChI=1S/C12H15ClN4O2/c13-9-1-2-15-10(7-9)12(19)17-5-3-16(4-6-17)8-11(14)18/h1-2,7H,3-6,8H2,(H2,14,18). The van der Waals surface area contributed by atoms with E-state index in [1.165, 1.54) is 6.20 Å². The highest BCUT2D eigenvalue weighted by Gasteiger charge is 2.23. The molecule has 0 unspecified atom stereocenters. The van der Waals surface area contributed by atoms with Gasteiger partial charge in [-0.2, -0.15) is 0 Å². The second-order valence-corrected chi connectivity index (χ2v) is 4.83. The molecule has 0 saturated carbocycles. The Morgan fingerprint density at radius 1 is 1.32 bits per heavy atom. The van der Waals surface area contributed by atoms with E-state index >= 15 is 0 Å². The molecule has 6 nitrogen and oxygen atoms in total. The van der Waals surface area contributed by atoms with E-state index in [4.69, 9.17) is 17.3 Å². The number of nitrogens with two attached hydrogens (primary N) is 1. The summed E-state index contributed by atoms with van der Waals surface area (Å²) in [7, 11) is 0. The fourth-order valence-corrected chi connectivity index (χ4v) is 2.17. The summed E-state index contributed by atoms with van der Waals surface area (Å²) in [6.45, 7) is 2.61. The highest BCUT2D eigenvalue weighted by Crippen LogP contribution is 2.11. The molecule has 1 saturated heterocycles. The molecule has 19 heavy (non-hydrogen) atoms. The number of carbonyl (C=O) groups is 2. The van der Waals surface area contributed by atoms with Gasteiger partial charge in [0, 0.05) is 37.4 Å². The summed E-state index contributed by atoms with van der Waals surface area (Å²) in [5.41, 5.74) is 5.48. The van der Waals surface area contributed by atoms with Gasteiger partial charge in [-0.25, -0.2) is 0 Å². The minimum Gasteiger partial charge on any atom is -0.369 e. The number of rotatable bonds is 3. The molecule has 102 valence electrons. The number of hydrogen-bond acceptors (Lipinski definition) is 4. The van der Waals surface area contributed by atoms with Gasteiger partial charge in [0.1, 0.15) is 5.69 Å². The monoisotopic (exact) mass is 282 g/mol. The third kappa shape index (κ3) is 3.65. The maximum Gasteiger partial charge on any atom is 0.272 e. The van der Waals surface area contributed by atoms with Crippen LogP contribution in [-0.4, -0.2) is 59.3 Å². The molecule has 0 aromatic carbocycles. The summed E-state index contributed by atoms with van der Waals surface area (Å²) in [5, 5.41) is 0.491. The molecular formula is C12H15ClN4O2. The lowest BCUT2D eigenvalue weighted by molar-refractivity contribution is -0.119. The van der Waals surface area contributed by atoms with E-state index in [2.05, 4.69) is 4.98 Å². The topological polar surface area (TPSA) is 79.5 Å². The number of nitrogens with zero attached hydrogens (tertiary/aromatic N) is 3. The molecule has 2 amide bonds. The average Bonchev–Trinajstić information content (AvgIpc) is 2.38. The van der Waals surface area contributed by atoms with E-state index in [0.717, 1.165) is 0 Å². The van der Waals surface area contributed by atoms with Crippen molar-refractivity contribution in [1.29, 1.82) is 0 Å². The SMILES string of the molecule is NC(=O)CN1CCN(C(=O)c2cc(Cl)ccn2)CC1. The molecule has 0 aliphatic carbocycles. The van der Waals surface area contributed by atoms with E-state index in [-0.39, 0.29) is 18.4 Å². The Balaban J connectivity index is 1.94. The van der Waals surface area contributed by atoms with Crippen LogP contribution in [0.15, 0.2) is 18.3 Å². The minimum absolute atomic E-state index is 0.138. The summed E-state index contributed by atoms with van der Waals surface area (Å²) in [6.07, 6.45) is 1.51. The van der Waals surface area contributed by atoms with Crippen LogP contribution in [0.2, 0.25) is 5.02 Å². The first kappa shape index (κ1) is 13.8. The molecule has 7 heteroatoms. The normalized spacial score (nSPS) is 16.4. The van der Waals surface area contributed by atoms with Crippen molar-refractivity contribution in [1.82, 2.24) is 14.8 Å². The molecule has 0 radical (unpaired) electrons. The van der Waals surface area contributed by atoms with Gasteiger partial charge in [-0.3, -0.25) is 19.5 Å². The minimum atomic E-state index is -0.351. The van der Waals surface area contributed by atoms with Crippen LogP contribution in [0.4, 0.5) is 0 Å². The third-order valence-corrected chi connectivity index (χ3v) is 3.22. The van der Waals surface area contributed by atoms with E-state index in [0.29, 0.717) is 36.9 Å². The van der Waals surface area contributed by atoms with E-state index in [9.17, 15) is 9.59 Å². The van der Waals surface area contributed by atoms with Gasteiger partial charge >= 0.3 is 0 Å². The van der Waals surface area contributed by atoms with Crippen molar-refractivity contribution < 1.29 is 9.59 Å². The molecule has 1 aromatic rings. The fraction of sp³-hybridized carbons (Fsp3) is 0.417. The lowest BCUT2D eigenvalue weighted by Crippen LogP contribution is -2.50. The summed E-state index contributed by atoms with van der Waals surface area (Å²) in [6, 6.07) is 3.18. The lowest BCUT2D eigenvalue weighted by Gasteiger charge is -2.33. The number of aromatic nitrogens is 1. The first-order valence-electron chi connectivity index (χ1n) is 5.98. The van der Waals surface area contributed by atoms with E-state index in [1.807, 2.05) is 4.90 Å². The van der Waals surface area contributed by atoms with Gasteiger partial charge in [-0.05, 0) is 12.1 Å². The van der Waals surface area contributed by atoms with Gasteiger partial charge in [0.05, 0.1) is 6.54 Å². The zero-order valence-electron chi connectivity index (χ0n) is 10.4. The number of hydrogen-bond donors (Lipinski definition) is 1. The number of piperazine rings is 1. The molecule has 2 heterocycles. The van der Waals surface area contributed by atoms with Crippen LogP contribution < -0.4 is 5.73 Å². The number of primary amides is 1. The lowest BCUT2D eigenvalue weighted by atomic mass is 10.2. The zero-order chi connectivity index (χ0) is 13.8. The van der Waals surface area contributed by atoms with E-state index in [1.54, 1.807) is 17.0 Å². The molecule has 2 rings (SSSR count). The van der Waals surface area contributed by atoms with Gasteiger partial charge in [0.15, 0.2) is 0 Å². The summed E-state index contributed by atoms with van der Waals surface area (Å²) >= 11 is 5.84.